The highest BCUT2D eigenvalue weighted by atomic mass is 33.1. The van der Waals surface area contributed by atoms with E-state index in [1.54, 1.807) is 0 Å². The molecular weight excluding hydrogens is 296 g/mol. The van der Waals surface area contributed by atoms with Gasteiger partial charge < -0.3 is 0 Å². The lowest BCUT2D eigenvalue weighted by molar-refractivity contribution is 1.27. The van der Waals surface area contributed by atoms with Crippen molar-refractivity contribution in [2.24, 2.45) is 0 Å². The zero-order valence-corrected chi connectivity index (χ0v) is 13.7. The van der Waals surface area contributed by atoms with Gasteiger partial charge in [0.15, 0.2) is 10.3 Å². The summed E-state index contributed by atoms with van der Waals surface area (Å²) in [6, 6.07) is 6.91. The van der Waals surface area contributed by atoms with Crippen LogP contribution in [0.25, 0.3) is 11.0 Å². The molecule has 0 fully saturated rings. The van der Waals surface area contributed by atoms with Crippen LogP contribution >= 0.6 is 42.3 Å². The van der Waals surface area contributed by atoms with Crippen LogP contribution in [0.4, 0.5) is 0 Å². The summed E-state index contributed by atoms with van der Waals surface area (Å²) in [5, 5.41) is 0. The molecule has 0 saturated carbocycles. The number of fused-ring (bicyclic) bond motifs is 1. The second-order valence-electron chi connectivity index (χ2n) is 4.43. The van der Waals surface area contributed by atoms with E-state index in [0.29, 0.717) is 0 Å². The lowest BCUT2D eigenvalue weighted by Gasteiger charge is -2.03. The van der Waals surface area contributed by atoms with Crippen LogP contribution < -0.4 is 0 Å². The zero-order chi connectivity index (χ0) is 12.7. The highest BCUT2D eigenvalue weighted by molar-refractivity contribution is 8.80. The van der Waals surface area contributed by atoms with E-state index in [1.807, 2.05) is 42.3 Å². The van der Waals surface area contributed by atoms with E-state index in [4.69, 9.17) is 0 Å². The van der Waals surface area contributed by atoms with Gasteiger partial charge >= 0.3 is 0 Å². The quantitative estimate of drug-likeness (QED) is 0.450. The van der Waals surface area contributed by atoms with E-state index in [0.717, 1.165) is 0 Å². The summed E-state index contributed by atoms with van der Waals surface area (Å²) in [6.07, 6.45) is 2.33. The van der Waals surface area contributed by atoms with Crippen molar-refractivity contribution < 1.29 is 0 Å². The molecule has 0 aliphatic carbocycles. The molecule has 1 aliphatic heterocycles. The van der Waals surface area contributed by atoms with Gasteiger partial charge in [-0.2, -0.15) is 0 Å². The van der Waals surface area contributed by atoms with Crippen LogP contribution in [0.1, 0.15) is 26.4 Å². The summed E-state index contributed by atoms with van der Waals surface area (Å²) < 4.78 is 0. The van der Waals surface area contributed by atoms with E-state index >= 15 is 0 Å². The van der Waals surface area contributed by atoms with E-state index in [-0.39, 0.29) is 0 Å². The first-order valence-corrected chi connectivity index (χ1v) is 10.0. The predicted molar refractivity (Wildman–Crippen MR) is 88.6 cm³/mol. The molecule has 0 amide bonds. The Bertz CT molecular complexity index is 637. The van der Waals surface area contributed by atoms with Crippen molar-refractivity contribution in [3.05, 3.63) is 44.6 Å². The zero-order valence-electron chi connectivity index (χ0n) is 10.4. The Hall–Kier alpha value is -0.290. The second-order valence-corrected chi connectivity index (χ2v) is 9.09. The standard InChI is InChI=1S/C14H13S4/c1-8-4-12-13(5-9(8)2)17-18-14(12)7-11-6-10(3)15-16-11/h4-7H,1-3H3/q+1. The monoisotopic (exact) mass is 309 g/mol. The minimum Gasteiger partial charge on any atom is -0.0518 e. The molecule has 0 atom stereocenters. The van der Waals surface area contributed by atoms with Crippen LogP contribution in [0.3, 0.4) is 0 Å². The van der Waals surface area contributed by atoms with Gasteiger partial charge in [0.25, 0.3) is 10.3 Å². The smallest absolute Gasteiger partial charge is 0.0518 e. The molecule has 3 rings (SSSR count). The normalized spacial score (nSPS) is 16.3. The molecule has 1 aromatic carbocycles. The summed E-state index contributed by atoms with van der Waals surface area (Å²) in [6.45, 7) is 6.55. The summed E-state index contributed by atoms with van der Waals surface area (Å²) in [7, 11) is 7.48. The minimum atomic E-state index is 1.37. The molecule has 0 bridgehead atoms. The van der Waals surface area contributed by atoms with Gasteiger partial charge in [-0.3, -0.25) is 0 Å². The maximum absolute atomic E-state index is 2.33. The van der Waals surface area contributed by atoms with Gasteiger partial charge in [0, 0.05) is 27.5 Å². The van der Waals surface area contributed by atoms with Gasteiger partial charge in [-0.25, -0.2) is 0 Å². The number of benzene rings is 1. The maximum Gasteiger partial charge on any atom is 0.300 e. The Morgan fingerprint density at radius 3 is 2.50 bits per heavy atom. The van der Waals surface area contributed by atoms with Crippen molar-refractivity contribution in [2.45, 2.75) is 25.7 Å². The average Bonchev–Trinajstić information content (AvgIpc) is 2.89. The van der Waals surface area contributed by atoms with Crippen LogP contribution in [0.5, 0.6) is 0 Å². The molecule has 0 saturated heterocycles. The number of rotatable bonds is 1. The van der Waals surface area contributed by atoms with Crippen molar-refractivity contribution in [3.8, 4) is 0 Å². The molecule has 4 heteroatoms. The topological polar surface area (TPSA) is 0 Å². The molecule has 2 heterocycles. The first-order chi connectivity index (χ1) is 8.63. The van der Waals surface area contributed by atoms with Crippen LogP contribution in [-0.4, -0.2) is 0 Å². The highest BCUT2D eigenvalue weighted by Crippen LogP contribution is 2.53. The highest BCUT2D eigenvalue weighted by Gasteiger charge is 2.21. The van der Waals surface area contributed by atoms with Crippen molar-refractivity contribution in [1.29, 1.82) is 0 Å². The first-order valence-electron chi connectivity index (χ1n) is 5.71. The summed E-state index contributed by atoms with van der Waals surface area (Å²) in [5.74, 6) is 0. The fourth-order valence-corrected chi connectivity index (χ4v) is 6.43. The largest absolute Gasteiger partial charge is 0.300 e. The Morgan fingerprint density at radius 1 is 1.00 bits per heavy atom. The molecule has 92 valence electrons. The van der Waals surface area contributed by atoms with Gasteiger partial charge in [-0.15, -0.1) is 0 Å². The SMILES string of the molecule is Cc1cc(/C=C2\SSc3cc(C)c(C)cc32)[s+]s1. The fourth-order valence-electron chi connectivity index (χ4n) is 1.84. The lowest BCUT2D eigenvalue weighted by Crippen LogP contribution is -1.85. The number of hydrogen-bond donors (Lipinski definition) is 0. The Morgan fingerprint density at radius 2 is 1.78 bits per heavy atom. The molecule has 0 unspecified atom stereocenters. The molecule has 2 aromatic rings. The molecule has 0 spiro atoms. The summed E-state index contributed by atoms with van der Waals surface area (Å²) in [4.78, 5) is 5.56. The van der Waals surface area contributed by atoms with Gasteiger partial charge in [-0.05, 0) is 44.0 Å². The van der Waals surface area contributed by atoms with E-state index < -0.39 is 0 Å². The van der Waals surface area contributed by atoms with Crippen molar-refractivity contribution in [2.75, 3.05) is 0 Å². The fraction of sp³-hybridized carbons (Fsp3) is 0.214. The molecule has 0 nitrogen and oxygen atoms in total. The van der Waals surface area contributed by atoms with Crippen molar-refractivity contribution in [1.82, 2.24) is 0 Å². The van der Waals surface area contributed by atoms with Gasteiger partial charge in [0.2, 0.25) is 4.88 Å². The predicted octanol–water partition coefficient (Wildman–Crippen LogP) is 6.27. The third kappa shape index (κ3) is 2.39. The molecule has 1 aliphatic rings. The van der Waals surface area contributed by atoms with Crippen LogP contribution in [0.15, 0.2) is 23.1 Å². The van der Waals surface area contributed by atoms with Crippen LogP contribution in [0.2, 0.25) is 0 Å². The number of aryl methyl sites for hydroxylation is 3. The average molecular weight is 310 g/mol. The minimum absolute atomic E-state index is 1.37. The maximum atomic E-state index is 2.33. The molecular formula is C14H13S4+. The number of hydrogen-bond acceptors (Lipinski definition) is 3. The van der Waals surface area contributed by atoms with Gasteiger partial charge in [0.05, 0.1) is 4.88 Å². The Balaban J connectivity index is 2.04. The summed E-state index contributed by atoms with van der Waals surface area (Å²) >= 11 is 0. The molecule has 1 aromatic heterocycles. The van der Waals surface area contributed by atoms with E-state index in [1.165, 1.54) is 36.2 Å². The Kier molecular flexibility index (Phi) is 3.54. The van der Waals surface area contributed by atoms with Crippen molar-refractivity contribution in [3.63, 3.8) is 0 Å². The van der Waals surface area contributed by atoms with Crippen LogP contribution in [0, 0.1) is 20.8 Å². The Labute approximate surface area is 123 Å². The third-order valence-electron chi connectivity index (χ3n) is 2.97. The van der Waals surface area contributed by atoms with E-state index in [2.05, 4.69) is 45.0 Å². The second kappa shape index (κ2) is 5.00. The van der Waals surface area contributed by atoms with Crippen molar-refractivity contribution >= 4 is 53.2 Å². The lowest BCUT2D eigenvalue weighted by atomic mass is 10.1. The molecule has 0 radical (unpaired) electrons. The van der Waals surface area contributed by atoms with E-state index in [9.17, 15) is 0 Å². The molecule has 0 N–H and O–H groups in total. The molecule has 18 heavy (non-hydrogen) atoms. The summed E-state index contributed by atoms with van der Waals surface area (Å²) in [5.41, 5.74) is 4.18. The van der Waals surface area contributed by atoms with Gasteiger partial charge in [-0.1, -0.05) is 21.6 Å². The third-order valence-corrected chi connectivity index (χ3v) is 7.92. The van der Waals surface area contributed by atoms with Crippen LogP contribution in [-0.2, 0) is 0 Å². The van der Waals surface area contributed by atoms with Gasteiger partial charge in [0.1, 0.15) is 0 Å². The first kappa shape index (κ1) is 12.7.